The molecule has 10 nitrogen and oxygen atoms in total. The lowest BCUT2D eigenvalue weighted by atomic mass is 9.99. The molecule has 3 aliphatic heterocycles. The molecule has 0 aromatic heterocycles. The van der Waals surface area contributed by atoms with E-state index in [9.17, 15) is 14.9 Å². The van der Waals surface area contributed by atoms with E-state index in [1.807, 2.05) is 58.0 Å². The highest BCUT2D eigenvalue weighted by atomic mass is 16.6. The van der Waals surface area contributed by atoms with Crippen LogP contribution in [0.2, 0.25) is 0 Å². The molecule has 0 spiro atoms. The number of nitrogens with zero attached hydrogens (tertiary/aromatic N) is 5. The third-order valence-corrected chi connectivity index (χ3v) is 8.19. The highest BCUT2D eigenvalue weighted by Crippen LogP contribution is 2.47. The second-order valence-electron chi connectivity index (χ2n) is 12.5. The van der Waals surface area contributed by atoms with Gasteiger partial charge in [0.05, 0.1) is 11.3 Å². The molecule has 0 radical (unpaired) electrons. The van der Waals surface area contributed by atoms with Crippen LogP contribution in [0.4, 0.5) is 21.9 Å². The van der Waals surface area contributed by atoms with Gasteiger partial charge in [0.15, 0.2) is 5.75 Å². The fourth-order valence-corrected chi connectivity index (χ4v) is 5.72. The number of carbonyl (C=O) groups is 2. The molecule has 1 N–H and O–H groups in total. The normalized spacial score (nSPS) is 20.5. The van der Waals surface area contributed by atoms with Crippen LogP contribution in [0.3, 0.4) is 0 Å². The number of ether oxygens (including phenoxy) is 2. The van der Waals surface area contributed by atoms with Crippen molar-refractivity contribution < 1.29 is 23.6 Å². The summed E-state index contributed by atoms with van der Waals surface area (Å²) >= 11 is 0. The van der Waals surface area contributed by atoms with Crippen LogP contribution >= 0.6 is 0 Å². The minimum absolute atomic E-state index is 0.0566. The van der Waals surface area contributed by atoms with E-state index < -0.39 is 5.60 Å². The summed E-state index contributed by atoms with van der Waals surface area (Å²) in [6.45, 7) is 10.5. The summed E-state index contributed by atoms with van der Waals surface area (Å²) < 4.78 is 14.2. The Balaban J connectivity index is 1.24. The number of hydrogen-bond donors (Lipinski definition) is 1. The van der Waals surface area contributed by atoms with Crippen LogP contribution in [0.25, 0.3) is 11.1 Å². The highest BCUT2D eigenvalue weighted by molar-refractivity contribution is 5.82. The van der Waals surface area contributed by atoms with Gasteiger partial charge in [-0.05, 0) is 69.9 Å². The molecule has 2 amide bonds. The number of piperazine rings is 1. The number of amides is 2. The molecule has 2 saturated heterocycles. The van der Waals surface area contributed by atoms with Crippen LogP contribution in [0.1, 0.15) is 52.5 Å². The summed E-state index contributed by atoms with van der Waals surface area (Å²) in [5.74, 6) is 0.870. The summed E-state index contributed by atoms with van der Waals surface area (Å²) in [5.41, 5.74) is 4.39. The molecule has 2 aromatic rings. The van der Waals surface area contributed by atoms with Gasteiger partial charge in [0.2, 0.25) is 17.3 Å². The van der Waals surface area contributed by atoms with Crippen LogP contribution < -0.4 is 15.0 Å². The number of rotatable bonds is 6. The third-order valence-electron chi connectivity index (χ3n) is 8.19. The van der Waals surface area contributed by atoms with Crippen LogP contribution in [0.5, 0.6) is 5.75 Å². The van der Waals surface area contributed by atoms with E-state index >= 15 is 0 Å². The maximum absolute atomic E-state index is 12.5. The molecule has 2 aromatic carbocycles. The van der Waals surface area contributed by atoms with Crippen molar-refractivity contribution in [3.05, 3.63) is 35.9 Å². The van der Waals surface area contributed by atoms with Gasteiger partial charge in [-0.1, -0.05) is 6.07 Å². The summed E-state index contributed by atoms with van der Waals surface area (Å²) in [6.07, 6.45) is 2.17. The monoisotopic (exact) mass is 569 g/mol. The van der Waals surface area contributed by atoms with Crippen molar-refractivity contribution in [3.8, 4) is 22.9 Å². The number of benzene rings is 2. The van der Waals surface area contributed by atoms with Crippen molar-refractivity contribution in [1.29, 1.82) is 5.26 Å². The largest absolute Gasteiger partial charge is 0.486 e. The standard InChI is InChI=1S/C32H36N6O4/c1-20(24-16-29(39)34-18-24)41-28-15-22(14-26-30(28)38(19-35-26)25-6-7-25)21-5-8-27(23(13-21)17-33)36-9-11-37(12-10-36)31(40)42-32(2,3)4/h5,8,13-15,20,24-25H,6-7,9-12,16,18H2,1-4H3/p+1. The number of hydrogen-bond acceptors (Lipinski definition) is 7. The lowest BCUT2D eigenvalue weighted by Gasteiger charge is -2.37. The molecule has 2 atom stereocenters. The second-order valence-corrected chi connectivity index (χ2v) is 12.5. The number of anilines is 1. The first-order chi connectivity index (χ1) is 20.1. The van der Waals surface area contributed by atoms with Gasteiger partial charge in [0, 0.05) is 56.1 Å². The van der Waals surface area contributed by atoms with Crippen molar-refractivity contribution in [2.45, 2.75) is 64.7 Å². The maximum Gasteiger partial charge on any atom is 0.410 e. The van der Waals surface area contributed by atoms with E-state index in [0.29, 0.717) is 50.7 Å². The molecule has 1 aliphatic carbocycles. The van der Waals surface area contributed by atoms with Crippen molar-refractivity contribution in [1.82, 2.24) is 10.2 Å². The summed E-state index contributed by atoms with van der Waals surface area (Å²) in [6, 6.07) is 15.9. The van der Waals surface area contributed by atoms with Gasteiger partial charge in [0.1, 0.15) is 23.8 Å². The van der Waals surface area contributed by atoms with E-state index in [-0.39, 0.29) is 24.0 Å². The van der Waals surface area contributed by atoms with Gasteiger partial charge in [-0.25, -0.2) is 4.79 Å². The molecule has 2 unspecified atom stereocenters. The lowest BCUT2D eigenvalue weighted by molar-refractivity contribution is -0.446. The Morgan fingerprint density at radius 1 is 1.17 bits per heavy atom. The van der Waals surface area contributed by atoms with E-state index in [1.54, 1.807) is 4.90 Å². The highest BCUT2D eigenvalue weighted by Gasteiger charge is 2.39. The Bertz CT molecular complexity index is 1540. The van der Waals surface area contributed by atoms with Gasteiger partial charge in [-0.15, -0.1) is 0 Å². The first-order valence-electron chi connectivity index (χ1n) is 14.7. The number of nitriles is 1. The van der Waals surface area contributed by atoms with E-state index in [1.165, 1.54) is 0 Å². The predicted octanol–water partition coefficient (Wildman–Crippen LogP) is 4.81. The minimum Gasteiger partial charge on any atom is -0.486 e. The van der Waals surface area contributed by atoms with Crippen molar-refractivity contribution >= 4 is 35.1 Å². The molecule has 3 fully saturated rings. The first kappa shape index (κ1) is 27.8. The molecule has 218 valence electrons. The fourth-order valence-electron chi connectivity index (χ4n) is 5.72. The molecular weight excluding hydrogens is 532 g/mol. The maximum atomic E-state index is 12.5. The first-order valence-corrected chi connectivity index (χ1v) is 14.7. The number of aliphatic imine (C=N–C) groups is 1. The van der Waals surface area contributed by atoms with Gasteiger partial charge in [0.25, 0.3) is 0 Å². The topological polar surface area (TPSA) is 110 Å². The average Bonchev–Trinajstić information content (AvgIpc) is 3.56. The molecule has 4 aliphatic rings. The van der Waals surface area contributed by atoms with E-state index in [2.05, 4.69) is 31.9 Å². The fraction of sp³-hybridized carbons (Fsp3) is 0.500. The number of nitrogens with one attached hydrogen (secondary N) is 1. The van der Waals surface area contributed by atoms with Gasteiger partial charge < -0.3 is 24.6 Å². The van der Waals surface area contributed by atoms with Gasteiger partial charge in [-0.2, -0.15) is 9.84 Å². The summed E-state index contributed by atoms with van der Waals surface area (Å²) in [5, 5.41) is 13.0. The SMILES string of the molecule is CC(Oc1cc(-c2ccc(N3CCN(C(=O)OC(C)(C)C)CC3)c(C#N)c2)cc2c1[N+](C1CC1)=C=N2)C1CNC(=O)C1. The molecule has 0 bridgehead atoms. The Kier molecular flexibility index (Phi) is 7.15. The molecule has 6 rings (SSSR count). The zero-order valence-electron chi connectivity index (χ0n) is 24.6. The van der Waals surface area contributed by atoms with Crippen molar-refractivity contribution in [2.75, 3.05) is 37.6 Å². The Labute approximate surface area is 246 Å². The zero-order chi connectivity index (χ0) is 29.6. The summed E-state index contributed by atoms with van der Waals surface area (Å²) in [4.78, 5) is 32.8. The average molecular weight is 570 g/mol. The van der Waals surface area contributed by atoms with Gasteiger partial charge >= 0.3 is 12.1 Å². The van der Waals surface area contributed by atoms with E-state index in [4.69, 9.17) is 9.47 Å². The van der Waals surface area contributed by atoms with Crippen LogP contribution in [-0.2, 0) is 9.53 Å². The zero-order valence-corrected chi connectivity index (χ0v) is 24.6. The van der Waals surface area contributed by atoms with Gasteiger partial charge in [-0.3, -0.25) is 4.79 Å². The van der Waals surface area contributed by atoms with Crippen molar-refractivity contribution in [2.24, 2.45) is 10.9 Å². The Hall–Kier alpha value is -4.35. The smallest absolute Gasteiger partial charge is 0.410 e. The third kappa shape index (κ3) is 5.70. The molecular formula is C32H37N6O4+. The van der Waals surface area contributed by atoms with Crippen LogP contribution in [-0.4, -0.2) is 78.0 Å². The Morgan fingerprint density at radius 2 is 1.93 bits per heavy atom. The lowest BCUT2D eigenvalue weighted by Crippen LogP contribution is -2.50. The number of fused-ring (bicyclic) bond motifs is 1. The van der Waals surface area contributed by atoms with Crippen LogP contribution in [0, 0.1) is 17.2 Å². The quantitative estimate of drug-likeness (QED) is 0.500. The Morgan fingerprint density at radius 3 is 2.57 bits per heavy atom. The molecule has 10 heteroatoms. The molecule has 42 heavy (non-hydrogen) atoms. The summed E-state index contributed by atoms with van der Waals surface area (Å²) in [7, 11) is 0. The predicted molar refractivity (Wildman–Crippen MR) is 158 cm³/mol. The second kappa shape index (κ2) is 10.8. The molecule has 3 heterocycles. The minimum atomic E-state index is -0.537. The molecule has 1 saturated carbocycles. The van der Waals surface area contributed by atoms with Crippen molar-refractivity contribution in [3.63, 3.8) is 0 Å². The number of carbonyl (C=O) groups excluding carboxylic acids is 2. The van der Waals surface area contributed by atoms with E-state index in [0.717, 1.165) is 46.8 Å². The van der Waals surface area contributed by atoms with Crippen LogP contribution in [0.15, 0.2) is 35.3 Å².